The van der Waals surface area contributed by atoms with Gasteiger partial charge in [0, 0.05) is 20.8 Å². The maximum absolute atomic E-state index is 12.0. The van der Waals surface area contributed by atoms with Gasteiger partial charge in [-0.3, -0.25) is 4.79 Å². The van der Waals surface area contributed by atoms with Crippen LogP contribution in [-0.2, 0) is 9.53 Å². The van der Waals surface area contributed by atoms with E-state index in [0.29, 0.717) is 19.4 Å². The molecule has 100 valence electrons. The summed E-state index contributed by atoms with van der Waals surface area (Å²) < 4.78 is 4.91. The minimum atomic E-state index is -0.0828. The van der Waals surface area contributed by atoms with E-state index in [-0.39, 0.29) is 18.6 Å². The zero-order valence-electron chi connectivity index (χ0n) is 11.0. The van der Waals surface area contributed by atoms with Crippen molar-refractivity contribution in [3.8, 4) is 0 Å². The summed E-state index contributed by atoms with van der Waals surface area (Å²) in [6, 6.07) is 9.67. The quantitative estimate of drug-likeness (QED) is 0.801. The highest BCUT2D eigenvalue weighted by Gasteiger charge is 2.20. The second kappa shape index (κ2) is 7.84. The van der Waals surface area contributed by atoms with Crippen LogP contribution < -0.4 is 0 Å². The molecule has 0 aliphatic heterocycles. The summed E-state index contributed by atoms with van der Waals surface area (Å²) >= 11 is 0. The Morgan fingerprint density at radius 3 is 2.61 bits per heavy atom. The molecule has 4 nitrogen and oxygen atoms in total. The van der Waals surface area contributed by atoms with Crippen LogP contribution in [0.3, 0.4) is 0 Å². The standard InChI is InChI=1S/C14H21NO3/c1-15(14(17)9-11-18-2)13(8-10-16)12-6-4-3-5-7-12/h3-7,13,16H,8-11H2,1-2H3. The Morgan fingerprint density at radius 2 is 2.06 bits per heavy atom. The second-order valence-electron chi connectivity index (χ2n) is 4.19. The fraction of sp³-hybridized carbons (Fsp3) is 0.500. The van der Waals surface area contributed by atoms with Crippen molar-refractivity contribution in [3.05, 3.63) is 35.9 Å². The molecule has 0 radical (unpaired) electrons. The van der Waals surface area contributed by atoms with Crippen molar-refractivity contribution in [3.63, 3.8) is 0 Å². The Kier molecular flexibility index (Phi) is 6.39. The predicted molar refractivity (Wildman–Crippen MR) is 70.1 cm³/mol. The van der Waals surface area contributed by atoms with Crippen LogP contribution in [0.15, 0.2) is 30.3 Å². The molecule has 0 saturated heterocycles. The van der Waals surface area contributed by atoms with E-state index in [4.69, 9.17) is 9.84 Å². The smallest absolute Gasteiger partial charge is 0.225 e. The van der Waals surface area contributed by atoms with E-state index >= 15 is 0 Å². The first kappa shape index (κ1) is 14.7. The summed E-state index contributed by atoms with van der Waals surface area (Å²) in [5.41, 5.74) is 1.04. The molecule has 0 aliphatic rings. The summed E-state index contributed by atoms with van der Waals surface area (Å²) in [6.07, 6.45) is 0.904. The van der Waals surface area contributed by atoms with Crippen LogP contribution in [0.25, 0.3) is 0 Å². The molecule has 1 unspecified atom stereocenters. The lowest BCUT2D eigenvalue weighted by molar-refractivity contribution is -0.133. The van der Waals surface area contributed by atoms with Gasteiger partial charge in [-0.1, -0.05) is 30.3 Å². The van der Waals surface area contributed by atoms with E-state index < -0.39 is 0 Å². The van der Waals surface area contributed by atoms with Crippen molar-refractivity contribution in [2.45, 2.75) is 18.9 Å². The van der Waals surface area contributed by atoms with E-state index in [1.54, 1.807) is 19.1 Å². The van der Waals surface area contributed by atoms with Gasteiger partial charge in [0.15, 0.2) is 0 Å². The molecule has 0 fully saturated rings. The van der Waals surface area contributed by atoms with Gasteiger partial charge in [-0.25, -0.2) is 0 Å². The van der Waals surface area contributed by atoms with Crippen molar-refractivity contribution < 1.29 is 14.6 Å². The number of aliphatic hydroxyl groups excluding tert-OH is 1. The van der Waals surface area contributed by atoms with E-state index in [9.17, 15) is 4.79 Å². The highest BCUT2D eigenvalue weighted by molar-refractivity contribution is 5.76. The number of benzene rings is 1. The zero-order valence-corrected chi connectivity index (χ0v) is 11.0. The number of rotatable bonds is 7. The highest BCUT2D eigenvalue weighted by Crippen LogP contribution is 2.23. The number of ether oxygens (including phenoxy) is 1. The summed E-state index contributed by atoms with van der Waals surface area (Å²) in [5, 5.41) is 9.14. The highest BCUT2D eigenvalue weighted by atomic mass is 16.5. The SMILES string of the molecule is COCCC(=O)N(C)C(CCO)c1ccccc1. The summed E-state index contributed by atoms with van der Waals surface area (Å²) in [5.74, 6) is 0.0270. The van der Waals surface area contributed by atoms with Crippen LogP contribution in [-0.4, -0.2) is 43.3 Å². The molecule has 0 bridgehead atoms. The molecule has 0 heterocycles. The fourth-order valence-corrected chi connectivity index (χ4v) is 1.92. The molecule has 4 heteroatoms. The number of amides is 1. The number of nitrogens with zero attached hydrogens (tertiary/aromatic N) is 1. The Labute approximate surface area is 108 Å². The average Bonchev–Trinajstić information content (AvgIpc) is 2.42. The molecular formula is C14H21NO3. The minimum Gasteiger partial charge on any atom is -0.396 e. The van der Waals surface area contributed by atoms with Crippen molar-refractivity contribution in [1.29, 1.82) is 0 Å². The maximum atomic E-state index is 12.0. The lowest BCUT2D eigenvalue weighted by Crippen LogP contribution is -2.32. The van der Waals surface area contributed by atoms with Gasteiger partial charge in [0.25, 0.3) is 0 Å². The topological polar surface area (TPSA) is 49.8 Å². The summed E-state index contributed by atoms with van der Waals surface area (Å²) in [4.78, 5) is 13.6. The number of carbonyl (C=O) groups excluding carboxylic acids is 1. The Hall–Kier alpha value is -1.39. The molecule has 0 saturated carbocycles. The third-order valence-electron chi connectivity index (χ3n) is 2.97. The second-order valence-corrected chi connectivity index (χ2v) is 4.19. The molecule has 1 atom stereocenters. The average molecular weight is 251 g/mol. The lowest BCUT2D eigenvalue weighted by Gasteiger charge is -2.28. The molecule has 1 amide bonds. The van der Waals surface area contributed by atoms with Gasteiger partial charge in [0.2, 0.25) is 5.91 Å². The first-order chi connectivity index (χ1) is 8.70. The molecule has 1 N–H and O–H groups in total. The van der Waals surface area contributed by atoms with Crippen LogP contribution in [0.4, 0.5) is 0 Å². The third kappa shape index (κ3) is 4.13. The van der Waals surface area contributed by atoms with Crippen molar-refractivity contribution >= 4 is 5.91 Å². The Bertz CT molecular complexity index is 353. The molecule has 1 aromatic rings. The van der Waals surface area contributed by atoms with Gasteiger partial charge in [0.1, 0.15) is 0 Å². The van der Waals surface area contributed by atoms with Crippen LogP contribution in [0, 0.1) is 0 Å². The van der Waals surface area contributed by atoms with E-state index in [1.807, 2.05) is 30.3 Å². The summed E-state index contributed by atoms with van der Waals surface area (Å²) in [6.45, 7) is 0.477. The van der Waals surface area contributed by atoms with Gasteiger partial charge >= 0.3 is 0 Å². The van der Waals surface area contributed by atoms with Crippen LogP contribution >= 0.6 is 0 Å². The first-order valence-electron chi connectivity index (χ1n) is 6.11. The van der Waals surface area contributed by atoms with Crippen LogP contribution in [0.5, 0.6) is 0 Å². The predicted octanol–water partition coefficient (Wildman–Crippen LogP) is 1.61. The molecule has 1 aromatic carbocycles. The van der Waals surface area contributed by atoms with Crippen LogP contribution in [0.1, 0.15) is 24.4 Å². The van der Waals surface area contributed by atoms with Gasteiger partial charge in [-0.15, -0.1) is 0 Å². The first-order valence-corrected chi connectivity index (χ1v) is 6.11. The zero-order chi connectivity index (χ0) is 13.4. The number of hydrogen-bond acceptors (Lipinski definition) is 3. The monoisotopic (exact) mass is 251 g/mol. The number of aliphatic hydroxyl groups is 1. The molecular weight excluding hydrogens is 230 g/mol. The molecule has 18 heavy (non-hydrogen) atoms. The number of methoxy groups -OCH3 is 1. The lowest BCUT2D eigenvalue weighted by atomic mass is 10.0. The number of hydrogen-bond donors (Lipinski definition) is 1. The van der Waals surface area contributed by atoms with E-state index in [1.165, 1.54) is 0 Å². The number of carbonyl (C=O) groups is 1. The molecule has 0 aromatic heterocycles. The fourth-order valence-electron chi connectivity index (χ4n) is 1.92. The van der Waals surface area contributed by atoms with Crippen molar-refractivity contribution in [1.82, 2.24) is 4.90 Å². The Balaban J connectivity index is 2.75. The molecule has 1 rings (SSSR count). The van der Waals surface area contributed by atoms with Gasteiger partial charge < -0.3 is 14.7 Å². The Morgan fingerprint density at radius 1 is 1.39 bits per heavy atom. The van der Waals surface area contributed by atoms with E-state index in [0.717, 1.165) is 5.56 Å². The molecule has 0 aliphatic carbocycles. The normalized spacial score (nSPS) is 12.2. The third-order valence-corrected chi connectivity index (χ3v) is 2.97. The maximum Gasteiger partial charge on any atom is 0.225 e. The van der Waals surface area contributed by atoms with Gasteiger partial charge in [0.05, 0.1) is 19.1 Å². The van der Waals surface area contributed by atoms with Crippen molar-refractivity contribution in [2.75, 3.05) is 27.4 Å². The largest absolute Gasteiger partial charge is 0.396 e. The van der Waals surface area contributed by atoms with E-state index in [2.05, 4.69) is 0 Å². The molecule has 0 spiro atoms. The summed E-state index contributed by atoms with van der Waals surface area (Å²) in [7, 11) is 3.35. The van der Waals surface area contributed by atoms with Crippen LogP contribution in [0.2, 0.25) is 0 Å². The van der Waals surface area contributed by atoms with Gasteiger partial charge in [-0.05, 0) is 12.0 Å². The van der Waals surface area contributed by atoms with Gasteiger partial charge in [-0.2, -0.15) is 0 Å². The van der Waals surface area contributed by atoms with Crippen molar-refractivity contribution in [2.24, 2.45) is 0 Å². The minimum absolute atomic E-state index is 0.0270.